The van der Waals surface area contributed by atoms with E-state index in [9.17, 15) is 0 Å². The maximum Gasteiger partial charge on any atom is 0.0518 e. The van der Waals surface area contributed by atoms with Crippen molar-refractivity contribution in [3.8, 4) is 0 Å². The molecule has 2 bridgehead atoms. The van der Waals surface area contributed by atoms with Crippen molar-refractivity contribution in [1.29, 1.82) is 0 Å². The predicted molar refractivity (Wildman–Crippen MR) is 67.6 cm³/mol. The highest BCUT2D eigenvalue weighted by atomic mass is 16.5. The van der Waals surface area contributed by atoms with E-state index in [0.29, 0.717) is 6.10 Å². The smallest absolute Gasteiger partial charge is 0.0518 e. The molecular weight excluding hydrogens is 198 g/mol. The fourth-order valence-corrected chi connectivity index (χ4v) is 3.33. The average molecular weight is 225 g/mol. The van der Waals surface area contributed by atoms with Crippen LogP contribution in [0.4, 0.5) is 0 Å². The van der Waals surface area contributed by atoms with Crippen molar-refractivity contribution in [3.05, 3.63) is 0 Å². The Hall–Kier alpha value is -0.0800. The zero-order valence-corrected chi connectivity index (χ0v) is 10.9. The number of nitrogens with one attached hydrogen (secondary N) is 1. The largest absolute Gasteiger partial charge is 0.379 e. The molecule has 0 aromatic heterocycles. The molecule has 2 aliphatic rings. The highest BCUT2D eigenvalue weighted by Crippen LogP contribution is 2.44. The Morgan fingerprint density at radius 3 is 2.69 bits per heavy atom. The van der Waals surface area contributed by atoms with Gasteiger partial charge in [0.25, 0.3) is 0 Å². The molecule has 0 aromatic carbocycles. The summed E-state index contributed by atoms with van der Waals surface area (Å²) in [6.45, 7) is 6.33. The standard InChI is InChI=1S/C14H27NO/c1-11(2)16-8-4-3-7-15-14-10-12-5-6-13(14)9-12/h11-15H,3-10H2,1-2H3. The van der Waals surface area contributed by atoms with Crippen LogP contribution in [0.3, 0.4) is 0 Å². The molecule has 2 heteroatoms. The molecule has 1 N–H and O–H groups in total. The van der Waals surface area contributed by atoms with Crippen molar-refractivity contribution in [2.24, 2.45) is 11.8 Å². The summed E-state index contributed by atoms with van der Waals surface area (Å²) in [7, 11) is 0. The van der Waals surface area contributed by atoms with Crippen molar-refractivity contribution in [1.82, 2.24) is 5.32 Å². The van der Waals surface area contributed by atoms with Gasteiger partial charge in [-0.3, -0.25) is 0 Å². The van der Waals surface area contributed by atoms with Gasteiger partial charge in [-0.25, -0.2) is 0 Å². The van der Waals surface area contributed by atoms with Crippen LogP contribution in [0, 0.1) is 11.8 Å². The second kappa shape index (κ2) is 6.02. The number of hydrogen-bond donors (Lipinski definition) is 1. The topological polar surface area (TPSA) is 21.3 Å². The van der Waals surface area contributed by atoms with E-state index < -0.39 is 0 Å². The first kappa shape index (κ1) is 12.4. The summed E-state index contributed by atoms with van der Waals surface area (Å²) in [4.78, 5) is 0. The summed E-state index contributed by atoms with van der Waals surface area (Å²) < 4.78 is 5.54. The second-order valence-corrected chi connectivity index (χ2v) is 5.86. The first-order chi connectivity index (χ1) is 7.75. The summed E-state index contributed by atoms with van der Waals surface area (Å²) in [6, 6.07) is 0.852. The van der Waals surface area contributed by atoms with E-state index in [0.717, 1.165) is 24.5 Å². The fourth-order valence-electron chi connectivity index (χ4n) is 3.33. The van der Waals surface area contributed by atoms with Crippen LogP contribution in [0.15, 0.2) is 0 Å². The summed E-state index contributed by atoms with van der Waals surface area (Å²) in [5, 5.41) is 3.75. The molecule has 16 heavy (non-hydrogen) atoms. The van der Waals surface area contributed by atoms with E-state index in [2.05, 4.69) is 19.2 Å². The van der Waals surface area contributed by atoms with Crippen LogP contribution in [0.2, 0.25) is 0 Å². The number of fused-ring (bicyclic) bond motifs is 2. The monoisotopic (exact) mass is 225 g/mol. The van der Waals surface area contributed by atoms with Crippen molar-refractivity contribution in [2.45, 2.75) is 64.5 Å². The predicted octanol–water partition coefficient (Wildman–Crippen LogP) is 2.97. The molecule has 2 aliphatic carbocycles. The molecular formula is C14H27NO. The lowest BCUT2D eigenvalue weighted by Crippen LogP contribution is -2.34. The van der Waals surface area contributed by atoms with Crippen LogP contribution >= 0.6 is 0 Å². The minimum absolute atomic E-state index is 0.388. The molecule has 0 aliphatic heterocycles. The summed E-state index contributed by atoms with van der Waals surface area (Å²) in [6.07, 6.45) is 8.80. The quantitative estimate of drug-likeness (QED) is 0.673. The van der Waals surface area contributed by atoms with Gasteiger partial charge in [-0.05, 0) is 64.3 Å². The van der Waals surface area contributed by atoms with Crippen LogP contribution in [0.5, 0.6) is 0 Å². The van der Waals surface area contributed by atoms with Gasteiger partial charge in [0.15, 0.2) is 0 Å². The van der Waals surface area contributed by atoms with E-state index in [1.54, 1.807) is 0 Å². The number of ether oxygens (including phenoxy) is 1. The fraction of sp³-hybridized carbons (Fsp3) is 1.00. The molecule has 0 heterocycles. The maximum absolute atomic E-state index is 5.54. The molecule has 2 saturated carbocycles. The molecule has 2 nitrogen and oxygen atoms in total. The Balaban J connectivity index is 1.46. The van der Waals surface area contributed by atoms with Gasteiger partial charge in [0.05, 0.1) is 6.10 Å². The van der Waals surface area contributed by atoms with Crippen molar-refractivity contribution in [3.63, 3.8) is 0 Å². The molecule has 2 rings (SSSR count). The number of unbranched alkanes of at least 4 members (excludes halogenated alkanes) is 1. The van der Waals surface area contributed by atoms with Crippen LogP contribution in [-0.2, 0) is 4.74 Å². The second-order valence-electron chi connectivity index (χ2n) is 5.86. The van der Waals surface area contributed by atoms with Crippen LogP contribution < -0.4 is 5.32 Å². The van der Waals surface area contributed by atoms with Gasteiger partial charge in [0.1, 0.15) is 0 Å². The first-order valence-electron chi connectivity index (χ1n) is 7.10. The normalized spacial score (nSPS) is 32.8. The molecule has 94 valence electrons. The molecule has 3 atom stereocenters. The van der Waals surface area contributed by atoms with Crippen LogP contribution in [0.1, 0.15) is 52.4 Å². The highest BCUT2D eigenvalue weighted by Gasteiger charge is 2.38. The number of hydrogen-bond acceptors (Lipinski definition) is 2. The van der Waals surface area contributed by atoms with Gasteiger partial charge < -0.3 is 10.1 Å². The van der Waals surface area contributed by atoms with Gasteiger partial charge >= 0.3 is 0 Å². The van der Waals surface area contributed by atoms with Gasteiger partial charge in [-0.2, -0.15) is 0 Å². The lowest BCUT2D eigenvalue weighted by Gasteiger charge is -2.22. The highest BCUT2D eigenvalue weighted by molar-refractivity contribution is 4.93. The SMILES string of the molecule is CC(C)OCCCCNC1CC2CCC1C2. The van der Waals surface area contributed by atoms with Crippen molar-refractivity contribution < 1.29 is 4.74 Å². The molecule has 0 radical (unpaired) electrons. The van der Waals surface area contributed by atoms with E-state index in [1.807, 2.05) is 0 Å². The third kappa shape index (κ3) is 3.46. The van der Waals surface area contributed by atoms with Gasteiger partial charge in [-0.15, -0.1) is 0 Å². The zero-order valence-electron chi connectivity index (χ0n) is 10.9. The Morgan fingerprint density at radius 1 is 1.19 bits per heavy atom. The van der Waals surface area contributed by atoms with Gasteiger partial charge in [0, 0.05) is 12.6 Å². The van der Waals surface area contributed by atoms with E-state index in [-0.39, 0.29) is 0 Å². The Bertz CT molecular complexity index is 205. The van der Waals surface area contributed by atoms with Crippen molar-refractivity contribution in [2.75, 3.05) is 13.2 Å². The maximum atomic E-state index is 5.54. The summed E-state index contributed by atoms with van der Waals surface area (Å²) in [5.74, 6) is 2.07. The zero-order chi connectivity index (χ0) is 11.4. The van der Waals surface area contributed by atoms with Crippen LogP contribution in [-0.4, -0.2) is 25.3 Å². The van der Waals surface area contributed by atoms with Gasteiger partial charge in [0.2, 0.25) is 0 Å². The van der Waals surface area contributed by atoms with E-state index in [1.165, 1.54) is 45.1 Å². The van der Waals surface area contributed by atoms with E-state index in [4.69, 9.17) is 4.74 Å². The first-order valence-corrected chi connectivity index (χ1v) is 7.10. The number of rotatable bonds is 7. The third-order valence-corrected chi connectivity index (χ3v) is 4.17. The summed E-state index contributed by atoms with van der Waals surface area (Å²) >= 11 is 0. The average Bonchev–Trinajstić information content (AvgIpc) is 2.84. The van der Waals surface area contributed by atoms with Crippen molar-refractivity contribution >= 4 is 0 Å². The van der Waals surface area contributed by atoms with Crippen LogP contribution in [0.25, 0.3) is 0 Å². The lowest BCUT2D eigenvalue weighted by atomic mass is 9.95. The Labute approximate surface area is 100 Å². The minimum atomic E-state index is 0.388. The minimum Gasteiger partial charge on any atom is -0.379 e. The lowest BCUT2D eigenvalue weighted by molar-refractivity contribution is 0.0758. The molecule has 0 saturated heterocycles. The third-order valence-electron chi connectivity index (χ3n) is 4.17. The van der Waals surface area contributed by atoms with E-state index >= 15 is 0 Å². The molecule has 0 aromatic rings. The molecule has 3 unspecified atom stereocenters. The Kier molecular flexibility index (Phi) is 4.66. The molecule has 2 fully saturated rings. The summed E-state index contributed by atoms with van der Waals surface area (Å²) in [5.41, 5.74) is 0. The Morgan fingerprint density at radius 2 is 2.06 bits per heavy atom. The molecule has 0 amide bonds. The molecule has 0 spiro atoms. The van der Waals surface area contributed by atoms with Gasteiger partial charge in [-0.1, -0.05) is 6.42 Å².